The van der Waals surface area contributed by atoms with E-state index in [4.69, 9.17) is 9.47 Å². The van der Waals surface area contributed by atoms with E-state index < -0.39 is 0 Å². The van der Waals surface area contributed by atoms with Crippen LogP contribution in [0.4, 0.5) is 10.1 Å². The fourth-order valence-corrected chi connectivity index (χ4v) is 2.56. The molecule has 0 saturated carbocycles. The quantitative estimate of drug-likeness (QED) is 0.911. The number of nitrogens with zero attached hydrogens (tertiary/aromatic N) is 1. The smallest absolute Gasteiger partial charge is 0.238 e. The average Bonchev–Trinajstić information content (AvgIpc) is 3.06. The summed E-state index contributed by atoms with van der Waals surface area (Å²) in [6.07, 6.45) is 0.827. The Bertz CT molecular complexity index is 509. The van der Waals surface area contributed by atoms with Gasteiger partial charge in [0.2, 0.25) is 12.7 Å². The highest BCUT2D eigenvalue weighted by molar-refractivity contribution is 5.92. The lowest BCUT2D eigenvalue weighted by atomic mass is 10.1. The summed E-state index contributed by atoms with van der Waals surface area (Å²) in [5.74, 6) is 1.31. The number of ether oxygens (including phenoxy) is 2. The standard InChI is InChI=1S/C14H17FN2O3/c15-6-10-3-4-17(7-10)8-14(18)16-11-1-2-12-13(5-11)20-9-19-12/h1-2,5,10H,3-4,6-9H2,(H,16,18). The molecule has 2 heterocycles. The van der Waals surface area contributed by atoms with Crippen LogP contribution < -0.4 is 14.8 Å². The molecule has 1 unspecified atom stereocenters. The number of likely N-dealkylation sites (tertiary alicyclic amines) is 1. The van der Waals surface area contributed by atoms with E-state index in [0.717, 1.165) is 13.0 Å². The molecular formula is C14H17FN2O3. The van der Waals surface area contributed by atoms with E-state index in [2.05, 4.69) is 5.32 Å². The van der Waals surface area contributed by atoms with Crippen LogP contribution in [0.15, 0.2) is 18.2 Å². The van der Waals surface area contributed by atoms with E-state index in [0.29, 0.717) is 30.3 Å². The minimum absolute atomic E-state index is 0.0772. The van der Waals surface area contributed by atoms with Crippen LogP contribution in [0.1, 0.15) is 6.42 Å². The normalized spacial score (nSPS) is 21.1. The van der Waals surface area contributed by atoms with Crippen molar-refractivity contribution in [2.45, 2.75) is 6.42 Å². The van der Waals surface area contributed by atoms with Crippen molar-refractivity contribution in [3.8, 4) is 11.5 Å². The van der Waals surface area contributed by atoms with Crippen LogP contribution in [-0.4, -0.2) is 43.9 Å². The van der Waals surface area contributed by atoms with Crippen LogP contribution in [0.2, 0.25) is 0 Å². The SMILES string of the molecule is O=C(CN1CCC(CF)C1)Nc1ccc2c(c1)OCO2. The van der Waals surface area contributed by atoms with Crippen molar-refractivity contribution in [3.05, 3.63) is 18.2 Å². The molecule has 1 aromatic rings. The van der Waals surface area contributed by atoms with Gasteiger partial charge in [-0.1, -0.05) is 0 Å². The van der Waals surface area contributed by atoms with E-state index in [1.54, 1.807) is 18.2 Å². The van der Waals surface area contributed by atoms with Gasteiger partial charge in [0.15, 0.2) is 11.5 Å². The Morgan fingerprint density at radius 2 is 2.25 bits per heavy atom. The van der Waals surface area contributed by atoms with Gasteiger partial charge < -0.3 is 14.8 Å². The van der Waals surface area contributed by atoms with Gasteiger partial charge in [0, 0.05) is 24.2 Å². The van der Waals surface area contributed by atoms with Gasteiger partial charge in [-0.25, -0.2) is 0 Å². The van der Waals surface area contributed by atoms with Gasteiger partial charge in [0.25, 0.3) is 0 Å². The fourth-order valence-electron chi connectivity index (χ4n) is 2.56. The highest BCUT2D eigenvalue weighted by Crippen LogP contribution is 2.34. The largest absolute Gasteiger partial charge is 0.454 e. The van der Waals surface area contributed by atoms with Gasteiger partial charge in [0.1, 0.15) is 0 Å². The van der Waals surface area contributed by atoms with Gasteiger partial charge in [-0.05, 0) is 25.1 Å². The number of carbonyl (C=O) groups excluding carboxylic acids is 1. The monoisotopic (exact) mass is 280 g/mol. The Morgan fingerprint density at radius 1 is 1.40 bits per heavy atom. The number of nitrogens with one attached hydrogen (secondary N) is 1. The lowest BCUT2D eigenvalue weighted by Crippen LogP contribution is -2.31. The zero-order valence-electron chi connectivity index (χ0n) is 11.1. The molecule has 3 rings (SSSR count). The van der Waals surface area contributed by atoms with Gasteiger partial charge >= 0.3 is 0 Å². The molecule has 0 radical (unpaired) electrons. The molecule has 1 fully saturated rings. The molecule has 0 aliphatic carbocycles. The number of alkyl halides is 1. The zero-order valence-corrected chi connectivity index (χ0v) is 11.1. The second-order valence-corrected chi connectivity index (χ2v) is 5.16. The first kappa shape index (κ1) is 13.2. The number of anilines is 1. The highest BCUT2D eigenvalue weighted by atomic mass is 19.1. The molecule has 1 saturated heterocycles. The summed E-state index contributed by atoms with van der Waals surface area (Å²) in [5.41, 5.74) is 0.681. The van der Waals surface area contributed by atoms with E-state index in [1.807, 2.05) is 4.90 Å². The van der Waals surface area contributed by atoms with Gasteiger partial charge in [-0.2, -0.15) is 0 Å². The predicted octanol–water partition coefficient (Wildman–Crippen LogP) is 1.65. The van der Waals surface area contributed by atoms with Crippen molar-refractivity contribution in [3.63, 3.8) is 0 Å². The number of carbonyl (C=O) groups is 1. The summed E-state index contributed by atoms with van der Waals surface area (Å²) in [6, 6.07) is 5.29. The van der Waals surface area contributed by atoms with E-state index >= 15 is 0 Å². The Balaban J connectivity index is 1.54. The number of hydrogen-bond acceptors (Lipinski definition) is 4. The van der Waals surface area contributed by atoms with Crippen molar-refractivity contribution in [1.29, 1.82) is 0 Å². The Morgan fingerprint density at radius 3 is 3.05 bits per heavy atom. The molecule has 1 aromatic carbocycles. The van der Waals surface area contributed by atoms with Crippen LogP contribution in [0.25, 0.3) is 0 Å². The van der Waals surface area contributed by atoms with Crippen molar-refractivity contribution < 1.29 is 18.7 Å². The molecule has 0 bridgehead atoms. The Kier molecular flexibility index (Phi) is 3.73. The Hall–Kier alpha value is -1.82. The molecule has 6 heteroatoms. The minimum Gasteiger partial charge on any atom is -0.454 e. The van der Waals surface area contributed by atoms with E-state index in [9.17, 15) is 9.18 Å². The van der Waals surface area contributed by atoms with Crippen LogP contribution in [-0.2, 0) is 4.79 Å². The molecule has 1 N–H and O–H groups in total. The van der Waals surface area contributed by atoms with Gasteiger partial charge in [-0.15, -0.1) is 0 Å². The summed E-state index contributed by atoms with van der Waals surface area (Å²) >= 11 is 0. The molecule has 2 aliphatic rings. The van der Waals surface area contributed by atoms with E-state index in [-0.39, 0.29) is 25.3 Å². The summed E-state index contributed by atoms with van der Waals surface area (Å²) in [4.78, 5) is 13.9. The lowest BCUT2D eigenvalue weighted by molar-refractivity contribution is -0.117. The highest BCUT2D eigenvalue weighted by Gasteiger charge is 2.24. The molecule has 5 nitrogen and oxygen atoms in total. The Labute approximate surface area is 116 Å². The van der Waals surface area contributed by atoms with Crippen LogP contribution in [0, 0.1) is 5.92 Å². The maximum absolute atomic E-state index is 12.5. The second kappa shape index (κ2) is 5.66. The fraction of sp³-hybridized carbons (Fsp3) is 0.500. The zero-order chi connectivity index (χ0) is 13.9. The maximum Gasteiger partial charge on any atom is 0.238 e. The minimum atomic E-state index is -0.305. The first-order chi connectivity index (χ1) is 9.74. The lowest BCUT2D eigenvalue weighted by Gasteiger charge is -2.15. The number of benzene rings is 1. The number of halogens is 1. The van der Waals surface area contributed by atoms with Crippen LogP contribution in [0.5, 0.6) is 11.5 Å². The molecule has 20 heavy (non-hydrogen) atoms. The molecule has 108 valence electrons. The van der Waals surface area contributed by atoms with Crippen molar-refractivity contribution >= 4 is 11.6 Å². The van der Waals surface area contributed by atoms with E-state index in [1.165, 1.54) is 0 Å². The first-order valence-corrected chi connectivity index (χ1v) is 6.72. The number of hydrogen-bond donors (Lipinski definition) is 1. The summed E-state index contributed by atoms with van der Waals surface area (Å²) in [7, 11) is 0. The van der Waals surface area contributed by atoms with Crippen molar-refractivity contribution in [2.75, 3.05) is 38.4 Å². The summed E-state index contributed by atoms with van der Waals surface area (Å²) in [5, 5.41) is 2.82. The van der Waals surface area contributed by atoms with Crippen molar-refractivity contribution in [1.82, 2.24) is 4.90 Å². The summed E-state index contributed by atoms with van der Waals surface area (Å²) < 4.78 is 23.0. The third-order valence-electron chi connectivity index (χ3n) is 3.61. The molecule has 1 amide bonds. The molecule has 1 atom stereocenters. The molecule has 0 spiro atoms. The van der Waals surface area contributed by atoms with Crippen LogP contribution >= 0.6 is 0 Å². The maximum atomic E-state index is 12.5. The van der Waals surface area contributed by atoms with Gasteiger partial charge in [-0.3, -0.25) is 14.1 Å². The number of rotatable bonds is 4. The second-order valence-electron chi connectivity index (χ2n) is 5.16. The van der Waals surface area contributed by atoms with Crippen LogP contribution in [0.3, 0.4) is 0 Å². The number of amides is 1. The topological polar surface area (TPSA) is 50.8 Å². The average molecular weight is 280 g/mol. The predicted molar refractivity (Wildman–Crippen MR) is 71.7 cm³/mol. The first-order valence-electron chi connectivity index (χ1n) is 6.72. The molecule has 0 aromatic heterocycles. The van der Waals surface area contributed by atoms with Crippen molar-refractivity contribution in [2.24, 2.45) is 5.92 Å². The van der Waals surface area contributed by atoms with Gasteiger partial charge in [0.05, 0.1) is 13.2 Å². The molecular weight excluding hydrogens is 263 g/mol. The third kappa shape index (κ3) is 2.85. The number of fused-ring (bicyclic) bond motifs is 1. The summed E-state index contributed by atoms with van der Waals surface area (Å²) in [6.45, 7) is 1.64. The molecule has 2 aliphatic heterocycles. The third-order valence-corrected chi connectivity index (χ3v) is 3.61.